The van der Waals surface area contributed by atoms with Crippen molar-refractivity contribution in [3.63, 3.8) is 0 Å². The average molecular weight is 109 g/mol. The van der Waals surface area contributed by atoms with Crippen LogP contribution in [-0.2, 0) is 14.6 Å². The minimum atomic E-state index is -3.16. The molecular weight excluding hydrogens is 106 g/mol. The van der Waals surface area contributed by atoms with Crippen LogP contribution in [0.5, 0.6) is 0 Å². The van der Waals surface area contributed by atoms with Crippen molar-refractivity contribution in [1.82, 2.24) is 4.47 Å². The molecule has 1 atom stereocenters. The molecule has 0 aromatic heterocycles. The van der Waals surface area contributed by atoms with Gasteiger partial charge in [0.05, 0.1) is 0 Å². The first-order valence-electron chi connectivity index (χ1n) is 1.31. The molecule has 0 amide bonds. The van der Waals surface area contributed by atoms with E-state index in [1.54, 1.807) is 0 Å². The molecule has 1 heterocycles. The maximum absolute atomic E-state index is 9.78. The van der Waals surface area contributed by atoms with E-state index >= 15 is 0 Å². The third-order valence-electron chi connectivity index (χ3n) is 0.494. The van der Waals surface area contributed by atoms with Gasteiger partial charge in [-0.3, -0.25) is 0 Å². The first kappa shape index (κ1) is 4.04. The summed E-state index contributed by atoms with van der Waals surface area (Å²) in [5, 5.41) is 0. The highest BCUT2D eigenvalue weighted by atomic mass is 32.3. The molecule has 0 spiro atoms. The molecule has 1 fully saturated rings. The fourth-order valence-electron chi connectivity index (χ4n) is 0.119. The molecule has 4 nitrogen and oxygen atoms in total. The number of hydroxylamine groups is 1. The van der Waals surface area contributed by atoms with E-state index in [2.05, 4.69) is 4.28 Å². The highest BCUT2D eigenvalue weighted by Crippen LogP contribution is 2.16. The predicted octanol–water partition coefficient (Wildman–Crippen LogP) is -0.892. The van der Waals surface area contributed by atoms with Crippen LogP contribution >= 0.6 is 0 Å². The monoisotopic (exact) mass is 109 g/mol. The molecule has 1 rings (SSSR count). The second-order valence-corrected chi connectivity index (χ2v) is 2.46. The van der Waals surface area contributed by atoms with Gasteiger partial charge >= 0.3 is 10.3 Å². The van der Waals surface area contributed by atoms with E-state index < -0.39 is 10.3 Å². The van der Waals surface area contributed by atoms with Gasteiger partial charge in [-0.1, -0.05) is 0 Å². The Morgan fingerprint density at radius 1 is 1.67 bits per heavy atom. The molecule has 1 unspecified atom stereocenters. The van der Waals surface area contributed by atoms with Crippen LogP contribution in [0.3, 0.4) is 0 Å². The van der Waals surface area contributed by atoms with Gasteiger partial charge in [-0.25, -0.2) is 0 Å². The van der Waals surface area contributed by atoms with Crippen molar-refractivity contribution >= 4 is 10.3 Å². The zero-order valence-corrected chi connectivity index (χ0v) is 3.90. The maximum Gasteiger partial charge on any atom is 0.379 e. The quantitative estimate of drug-likeness (QED) is 0.379. The summed E-state index contributed by atoms with van der Waals surface area (Å²) in [6.45, 7) is 0. The number of hydrogen-bond acceptors (Lipinski definition) is 3. The minimum absolute atomic E-state index is 0.785. The van der Waals surface area contributed by atoms with Crippen molar-refractivity contribution in [3.05, 3.63) is 0 Å². The van der Waals surface area contributed by atoms with Crippen molar-refractivity contribution in [2.75, 3.05) is 7.05 Å². The van der Waals surface area contributed by atoms with Gasteiger partial charge in [0.2, 0.25) is 0 Å². The topological polar surface area (TPSA) is 49.7 Å². The van der Waals surface area contributed by atoms with E-state index in [1.807, 2.05) is 0 Å². The van der Waals surface area contributed by atoms with Crippen LogP contribution in [0.25, 0.3) is 0 Å². The first-order valence-corrected chi connectivity index (χ1v) is 2.68. The summed E-state index contributed by atoms with van der Waals surface area (Å²) in [6, 6.07) is 0. The van der Waals surface area contributed by atoms with Gasteiger partial charge in [0.15, 0.2) is 0 Å². The second-order valence-electron chi connectivity index (χ2n) is 0.942. The summed E-state index contributed by atoms with van der Waals surface area (Å²) in [4.78, 5) is 0. The molecule has 0 aromatic carbocycles. The lowest BCUT2D eigenvalue weighted by Gasteiger charge is -1.55. The van der Waals surface area contributed by atoms with Crippen molar-refractivity contribution in [2.24, 2.45) is 0 Å². The minimum Gasteiger partial charge on any atom is -0.178 e. The molecule has 0 aromatic rings. The van der Waals surface area contributed by atoms with E-state index in [-0.39, 0.29) is 0 Å². The summed E-state index contributed by atoms with van der Waals surface area (Å²) in [5.74, 6) is 0. The fraction of sp³-hybridized carbons (Fsp3) is 1.00. The van der Waals surface area contributed by atoms with Crippen LogP contribution in [-0.4, -0.2) is 19.9 Å². The summed E-state index contributed by atoms with van der Waals surface area (Å²) in [6.07, 6.45) is 0. The van der Waals surface area contributed by atoms with Gasteiger partial charge in [-0.2, -0.15) is 8.42 Å². The van der Waals surface area contributed by atoms with E-state index in [0.717, 1.165) is 4.47 Å². The SMILES string of the molecule is CN1OS1(=O)=O. The first-order chi connectivity index (χ1) is 2.63. The van der Waals surface area contributed by atoms with Gasteiger partial charge in [0.25, 0.3) is 0 Å². The summed E-state index contributed by atoms with van der Waals surface area (Å²) in [5.41, 5.74) is 0. The van der Waals surface area contributed by atoms with Gasteiger partial charge in [-0.15, -0.1) is 4.28 Å². The van der Waals surface area contributed by atoms with Crippen LogP contribution < -0.4 is 0 Å². The Morgan fingerprint density at radius 3 is 1.83 bits per heavy atom. The maximum atomic E-state index is 9.78. The highest BCUT2D eigenvalue weighted by Gasteiger charge is 2.38. The Kier molecular flexibility index (Phi) is 0.504. The van der Waals surface area contributed by atoms with Gasteiger partial charge in [0, 0.05) is 7.05 Å². The molecule has 0 saturated carbocycles. The zero-order chi connectivity index (χ0) is 4.78. The van der Waals surface area contributed by atoms with Crippen molar-refractivity contribution in [1.29, 1.82) is 0 Å². The van der Waals surface area contributed by atoms with Crippen LogP contribution in [0, 0.1) is 0 Å². The Labute approximate surface area is 35.5 Å². The third kappa shape index (κ3) is 0.405. The van der Waals surface area contributed by atoms with E-state index in [4.69, 9.17) is 0 Å². The Bertz CT molecular complexity index is 146. The van der Waals surface area contributed by atoms with Crippen molar-refractivity contribution in [3.8, 4) is 0 Å². The van der Waals surface area contributed by atoms with Crippen LogP contribution in [0.15, 0.2) is 0 Å². The lowest BCUT2D eigenvalue weighted by molar-refractivity contribution is 0.244. The molecule has 36 valence electrons. The molecule has 5 heteroatoms. The van der Waals surface area contributed by atoms with Crippen molar-refractivity contribution in [2.45, 2.75) is 0 Å². The highest BCUT2D eigenvalue weighted by molar-refractivity contribution is 7.88. The van der Waals surface area contributed by atoms with E-state index in [1.165, 1.54) is 7.05 Å². The summed E-state index contributed by atoms with van der Waals surface area (Å²) in [7, 11) is -1.83. The van der Waals surface area contributed by atoms with Crippen LogP contribution in [0.1, 0.15) is 0 Å². The van der Waals surface area contributed by atoms with Crippen molar-refractivity contribution < 1.29 is 12.7 Å². The molecule has 0 aliphatic carbocycles. The van der Waals surface area contributed by atoms with Gasteiger partial charge in [0.1, 0.15) is 0 Å². The summed E-state index contributed by atoms with van der Waals surface area (Å²) >= 11 is 0. The fourth-order valence-corrected chi connectivity index (χ4v) is 0.506. The lowest BCUT2D eigenvalue weighted by atomic mass is 11.6. The Balaban J connectivity index is 2.92. The number of hydrogen-bond donors (Lipinski definition) is 0. The average Bonchev–Trinajstić information content (AvgIpc) is 1.73. The molecule has 0 N–H and O–H groups in total. The van der Waals surface area contributed by atoms with Crippen LogP contribution in [0.4, 0.5) is 0 Å². The molecular formula is CH3NO3S. The van der Waals surface area contributed by atoms with Gasteiger partial charge in [-0.05, 0) is 4.47 Å². The van der Waals surface area contributed by atoms with E-state index in [9.17, 15) is 8.42 Å². The largest absolute Gasteiger partial charge is 0.379 e. The Morgan fingerprint density at radius 2 is 1.83 bits per heavy atom. The molecule has 6 heavy (non-hydrogen) atoms. The Hall–Kier alpha value is -0.130. The number of rotatable bonds is 0. The molecule has 0 bridgehead atoms. The van der Waals surface area contributed by atoms with Crippen LogP contribution in [0.2, 0.25) is 0 Å². The smallest absolute Gasteiger partial charge is 0.178 e. The third-order valence-corrected chi connectivity index (χ3v) is 1.48. The predicted molar refractivity (Wildman–Crippen MR) is 17.8 cm³/mol. The summed E-state index contributed by atoms with van der Waals surface area (Å²) < 4.78 is 24.2. The molecule has 1 saturated heterocycles. The van der Waals surface area contributed by atoms with Gasteiger partial charge < -0.3 is 0 Å². The normalized spacial score (nSPS) is 39.2. The molecule has 0 radical (unpaired) electrons. The lowest BCUT2D eigenvalue weighted by Crippen LogP contribution is -1.82. The number of nitrogens with zero attached hydrogens (tertiary/aromatic N) is 1. The standard InChI is InChI=1S/CH3NO3S/c1-2-5-6(2,3)4/h1H3. The molecule has 1 aliphatic rings. The molecule has 1 aliphatic heterocycles. The zero-order valence-electron chi connectivity index (χ0n) is 3.08. The second kappa shape index (κ2) is 0.749. The van der Waals surface area contributed by atoms with E-state index in [0.29, 0.717) is 0 Å².